The van der Waals surface area contributed by atoms with Crippen LogP contribution in [0, 0.1) is 6.92 Å². The topological polar surface area (TPSA) is 58.1 Å². The molecule has 1 aromatic carbocycles. The van der Waals surface area contributed by atoms with Gasteiger partial charge in [0.15, 0.2) is 0 Å². The Morgan fingerprint density at radius 2 is 2.23 bits per heavy atom. The highest BCUT2D eigenvalue weighted by Crippen LogP contribution is 2.26. The number of nitrogens with one attached hydrogen (secondary N) is 1. The van der Waals surface area contributed by atoms with E-state index in [9.17, 15) is 4.79 Å². The van der Waals surface area contributed by atoms with Gasteiger partial charge in [0.05, 0.1) is 5.75 Å². The van der Waals surface area contributed by atoms with Crippen LogP contribution in [0.2, 0.25) is 5.02 Å². The molecule has 7 heteroatoms. The Labute approximate surface area is 163 Å². The number of rotatable bonds is 5. The van der Waals surface area contributed by atoms with Crippen molar-refractivity contribution in [2.75, 3.05) is 22.5 Å². The van der Waals surface area contributed by atoms with E-state index < -0.39 is 0 Å². The zero-order chi connectivity index (χ0) is 18.5. The monoisotopic (exact) mass is 390 g/mol. The Morgan fingerprint density at radius 1 is 1.38 bits per heavy atom. The van der Waals surface area contributed by atoms with E-state index in [1.54, 1.807) is 6.33 Å². The van der Waals surface area contributed by atoms with Crippen LogP contribution < -0.4 is 10.2 Å². The first-order chi connectivity index (χ1) is 12.5. The second-order valence-electron chi connectivity index (χ2n) is 6.50. The van der Waals surface area contributed by atoms with Gasteiger partial charge in [0.2, 0.25) is 5.91 Å². The molecule has 1 atom stereocenters. The maximum Gasteiger partial charge on any atom is 0.234 e. The minimum atomic E-state index is -0.0770. The Kier molecular flexibility index (Phi) is 6.38. The van der Waals surface area contributed by atoms with Gasteiger partial charge in [0, 0.05) is 29.4 Å². The van der Waals surface area contributed by atoms with E-state index in [4.69, 9.17) is 11.6 Å². The number of anilines is 2. The standard InChI is InChI=1S/C19H23ClN4OS/c1-13-6-3-4-9-24(13)17-10-19(22-12-21-17)26-11-18(25)23-16-8-5-7-15(20)14(16)2/h5,7-8,10,12-13H,3-4,6,9,11H2,1-2H3,(H,23,25)/t13-/m0/s1. The Hall–Kier alpha value is -1.79. The molecule has 2 heterocycles. The number of piperidine rings is 1. The molecule has 1 aliphatic rings. The SMILES string of the molecule is Cc1c(Cl)cccc1NC(=O)CSc1cc(N2CCCC[C@@H]2C)ncn1. The van der Waals surface area contributed by atoms with Crippen molar-refractivity contribution in [1.82, 2.24) is 9.97 Å². The Bertz CT molecular complexity index is 786. The molecule has 2 aromatic rings. The molecule has 26 heavy (non-hydrogen) atoms. The molecule has 1 aromatic heterocycles. The minimum absolute atomic E-state index is 0.0770. The number of carbonyl (C=O) groups is 1. The fourth-order valence-electron chi connectivity index (χ4n) is 3.07. The number of amides is 1. The molecule has 138 valence electrons. The minimum Gasteiger partial charge on any atom is -0.354 e. The van der Waals surface area contributed by atoms with E-state index in [1.165, 1.54) is 31.0 Å². The van der Waals surface area contributed by atoms with Crippen LogP contribution in [0.25, 0.3) is 0 Å². The van der Waals surface area contributed by atoms with Crippen molar-refractivity contribution in [2.24, 2.45) is 0 Å². The highest BCUT2D eigenvalue weighted by molar-refractivity contribution is 7.99. The van der Waals surface area contributed by atoms with Crippen molar-refractivity contribution in [3.05, 3.63) is 41.2 Å². The van der Waals surface area contributed by atoms with Gasteiger partial charge < -0.3 is 10.2 Å². The third kappa shape index (κ3) is 4.68. The molecule has 0 spiro atoms. The predicted molar refractivity (Wildman–Crippen MR) is 108 cm³/mol. The fraction of sp³-hybridized carbons (Fsp3) is 0.421. The molecule has 0 saturated carbocycles. The van der Waals surface area contributed by atoms with Gasteiger partial charge in [-0.15, -0.1) is 0 Å². The van der Waals surface area contributed by atoms with E-state index in [2.05, 4.69) is 27.1 Å². The summed E-state index contributed by atoms with van der Waals surface area (Å²) in [5.74, 6) is 1.16. The highest BCUT2D eigenvalue weighted by Gasteiger charge is 2.20. The molecule has 5 nitrogen and oxygen atoms in total. The summed E-state index contributed by atoms with van der Waals surface area (Å²) in [6, 6.07) is 7.96. The summed E-state index contributed by atoms with van der Waals surface area (Å²) in [4.78, 5) is 23.3. The molecule has 0 aliphatic carbocycles. The van der Waals surface area contributed by atoms with Crippen LogP contribution in [0.4, 0.5) is 11.5 Å². The van der Waals surface area contributed by atoms with Crippen LogP contribution in [0.3, 0.4) is 0 Å². The molecular weight excluding hydrogens is 368 g/mol. The van der Waals surface area contributed by atoms with Gasteiger partial charge in [-0.05, 0) is 50.8 Å². The third-order valence-electron chi connectivity index (χ3n) is 4.62. The van der Waals surface area contributed by atoms with Crippen LogP contribution in [0.5, 0.6) is 0 Å². The Morgan fingerprint density at radius 3 is 3.04 bits per heavy atom. The number of thioether (sulfide) groups is 1. The molecule has 0 radical (unpaired) electrons. The summed E-state index contributed by atoms with van der Waals surface area (Å²) in [5, 5.41) is 4.36. The van der Waals surface area contributed by atoms with Crippen LogP contribution in [-0.4, -0.2) is 34.2 Å². The smallest absolute Gasteiger partial charge is 0.234 e. The third-order valence-corrected chi connectivity index (χ3v) is 5.95. The van der Waals surface area contributed by atoms with Crippen molar-refractivity contribution < 1.29 is 4.79 Å². The largest absolute Gasteiger partial charge is 0.354 e. The maximum atomic E-state index is 12.3. The van der Waals surface area contributed by atoms with Gasteiger partial charge in [-0.2, -0.15) is 0 Å². The molecule has 1 fully saturated rings. The number of aromatic nitrogens is 2. The molecule has 1 amide bonds. The van der Waals surface area contributed by atoms with E-state index in [0.717, 1.165) is 28.6 Å². The molecule has 3 rings (SSSR count). The number of halogens is 1. The van der Waals surface area contributed by atoms with Gasteiger partial charge in [-0.1, -0.05) is 29.4 Å². The lowest BCUT2D eigenvalue weighted by Crippen LogP contribution is -2.38. The number of hydrogen-bond donors (Lipinski definition) is 1. The van der Waals surface area contributed by atoms with Crippen molar-refractivity contribution in [1.29, 1.82) is 0 Å². The van der Waals surface area contributed by atoms with Crippen LogP contribution in [0.15, 0.2) is 35.6 Å². The highest BCUT2D eigenvalue weighted by atomic mass is 35.5. The second kappa shape index (κ2) is 8.73. The van der Waals surface area contributed by atoms with Crippen molar-refractivity contribution in [3.8, 4) is 0 Å². The zero-order valence-electron chi connectivity index (χ0n) is 15.0. The average molecular weight is 391 g/mol. The lowest BCUT2D eigenvalue weighted by Gasteiger charge is -2.34. The van der Waals surface area contributed by atoms with Crippen molar-refractivity contribution in [3.63, 3.8) is 0 Å². The summed E-state index contributed by atoms with van der Waals surface area (Å²) >= 11 is 7.51. The predicted octanol–water partition coefficient (Wildman–Crippen LogP) is 4.55. The molecule has 1 saturated heterocycles. The first-order valence-electron chi connectivity index (χ1n) is 8.81. The lowest BCUT2D eigenvalue weighted by atomic mass is 10.0. The molecule has 0 bridgehead atoms. The summed E-state index contributed by atoms with van der Waals surface area (Å²) in [6.45, 7) is 5.15. The summed E-state index contributed by atoms with van der Waals surface area (Å²) in [7, 11) is 0. The molecule has 1 N–H and O–H groups in total. The average Bonchev–Trinajstić information content (AvgIpc) is 2.64. The fourth-order valence-corrected chi connectivity index (χ4v) is 3.91. The lowest BCUT2D eigenvalue weighted by molar-refractivity contribution is -0.113. The first-order valence-corrected chi connectivity index (χ1v) is 10.2. The van der Waals surface area contributed by atoms with Gasteiger partial charge >= 0.3 is 0 Å². The molecule has 0 unspecified atom stereocenters. The quantitative estimate of drug-likeness (QED) is 0.599. The number of nitrogens with zero attached hydrogens (tertiary/aromatic N) is 3. The molecular formula is C19H23ClN4OS. The van der Waals surface area contributed by atoms with E-state index in [0.29, 0.717) is 11.1 Å². The summed E-state index contributed by atoms with van der Waals surface area (Å²) in [6.07, 6.45) is 5.23. The second-order valence-corrected chi connectivity index (χ2v) is 7.90. The summed E-state index contributed by atoms with van der Waals surface area (Å²) in [5.41, 5.74) is 1.62. The van der Waals surface area contributed by atoms with Gasteiger partial charge in [-0.3, -0.25) is 4.79 Å². The number of hydrogen-bond acceptors (Lipinski definition) is 5. The first kappa shape index (κ1) is 19.0. The van der Waals surface area contributed by atoms with E-state index in [-0.39, 0.29) is 11.7 Å². The normalized spacial score (nSPS) is 17.2. The maximum absolute atomic E-state index is 12.3. The Balaban J connectivity index is 1.60. The van der Waals surface area contributed by atoms with Gasteiger partial charge in [0.1, 0.15) is 17.2 Å². The van der Waals surface area contributed by atoms with Crippen molar-refractivity contribution in [2.45, 2.75) is 44.2 Å². The van der Waals surface area contributed by atoms with Crippen molar-refractivity contribution >= 4 is 40.8 Å². The van der Waals surface area contributed by atoms with E-state index >= 15 is 0 Å². The number of carbonyl (C=O) groups excluding carboxylic acids is 1. The van der Waals surface area contributed by atoms with Crippen LogP contribution >= 0.6 is 23.4 Å². The van der Waals surface area contributed by atoms with E-state index in [1.807, 2.05) is 31.2 Å². The van der Waals surface area contributed by atoms with Crippen LogP contribution in [-0.2, 0) is 4.79 Å². The van der Waals surface area contributed by atoms with Crippen LogP contribution in [0.1, 0.15) is 31.7 Å². The molecule has 1 aliphatic heterocycles. The number of benzene rings is 1. The van der Waals surface area contributed by atoms with Gasteiger partial charge in [0.25, 0.3) is 0 Å². The summed E-state index contributed by atoms with van der Waals surface area (Å²) < 4.78 is 0. The zero-order valence-corrected chi connectivity index (χ0v) is 16.6. The van der Waals surface area contributed by atoms with Gasteiger partial charge in [-0.25, -0.2) is 9.97 Å².